The Kier molecular flexibility index (Phi) is 38.0. The van der Waals surface area contributed by atoms with E-state index in [0.717, 1.165) is 38.5 Å². The predicted molar refractivity (Wildman–Crippen MR) is 215 cm³/mol. The van der Waals surface area contributed by atoms with Gasteiger partial charge in [0.25, 0.3) is 0 Å². The molecule has 0 saturated carbocycles. The minimum atomic E-state index is -4.61. The van der Waals surface area contributed by atoms with Gasteiger partial charge in [-0.15, -0.1) is 0 Å². The van der Waals surface area contributed by atoms with E-state index in [-0.39, 0.29) is 19.4 Å². The Bertz CT molecular complexity index is 899. The van der Waals surface area contributed by atoms with Crippen LogP contribution in [0.5, 0.6) is 0 Å². The number of aliphatic hydroxyl groups excluding tert-OH is 2. The first-order valence-corrected chi connectivity index (χ1v) is 23.1. The summed E-state index contributed by atoms with van der Waals surface area (Å²) in [6.07, 6.45) is 36.1. The molecule has 1 unspecified atom stereocenters. The average Bonchev–Trinajstić information content (AvgIpc) is 3.14. The smallest absolute Gasteiger partial charge is 0.462 e. The van der Waals surface area contributed by atoms with Gasteiger partial charge in [0.2, 0.25) is 0 Å². The van der Waals surface area contributed by atoms with E-state index in [9.17, 15) is 24.2 Å². The molecule has 10 nitrogen and oxygen atoms in total. The summed E-state index contributed by atoms with van der Waals surface area (Å²) in [5, 5.41) is 18.3. The number of phosphoric acid groups is 1. The van der Waals surface area contributed by atoms with Crippen molar-refractivity contribution in [3.8, 4) is 0 Å². The number of carbonyl (C=O) groups excluding carboxylic acids is 2. The van der Waals surface area contributed by atoms with E-state index in [2.05, 4.69) is 30.5 Å². The van der Waals surface area contributed by atoms with Gasteiger partial charge in [-0.05, 0) is 38.5 Å². The lowest BCUT2D eigenvalue weighted by Gasteiger charge is -2.20. The van der Waals surface area contributed by atoms with Gasteiger partial charge in [-0.25, -0.2) is 4.57 Å². The van der Waals surface area contributed by atoms with Crippen LogP contribution in [0.3, 0.4) is 0 Å². The van der Waals surface area contributed by atoms with Gasteiger partial charge in [-0.2, -0.15) is 0 Å². The van der Waals surface area contributed by atoms with Crippen LogP contribution in [0.4, 0.5) is 0 Å². The summed E-state index contributed by atoms with van der Waals surface area (Å²) in [4.78, 5) is 34.9. The van der Waals surface area contributed by atoms with Gasteiger partial charge < -0.3 is 24.6 Å². The van der Waals surface area contributed by atoms with Crippen molar-refractivity contribution in [2.75, 3.05) is 26.4 Å². The van der Waals surface area contributed by atoms with E-state index in [1.54, 1.807) is 0 Å². The first-order valence-electron chi connectivity index (χ1n) is 21.6. The maximum Gasteiger partial charge on any atom is 0.472 e. The van der Waals surface area contributed by atoms with Crippen LogP contribution in [0.25, 0.3) is 0 Å². The molecule has 0 aliphatic carbocycles. The van der Waals surface area contributed by atoms with Crippen LogP contribution in [0.15, 0.2) is 12.2 Å². The van der Waals surface area contributed by atoms with E-state index >= 15 is 0 Å². The number of rotatable bonds is 41. The number of hydrogen-bond donors (Lipinski definition) is 3. The normalized spacial score (nSPS) is 14.0. The van der Waals surface area contributed by atoms with Crippen LogP contribution >= 0.6 is 7.82 Å². The van der Waals surface area contributed by atoms with E-state index in [1.165, 1.54) is 128 Å². The van der Waals surface area contributed by atoms with Crippen molar-refractivity contribution in [2.45, 2.75) is 219 Å². The highest BCUT2D eigenvalue weighted by Crippen LogP contribution is 2.43. The zero-order valence-corrected chi connectivity index (χ0v) is 34.9. The van der Waals surface area contributed by atoms with Crippen molar-refractivity contribution in [2.24, 2.45) is 0 Å². The predicted octanol–water partition coefficient (Wildman–Crippen LogP) is 11.2. The number of unbranched alkanes of at least 4 members (excludes halogenated alkanes) is 25. The van der Waals surface area contributed by atoms with Crippen LogP contribution in [0, 0.1) is 0 Å². The standard InChI is InChI=1S/C42H81O10P/c1-3-5-7-9-11-13-15-17-19-21-23-25-27-29-31-33-41(45)49-37-40(38-51-53(47,48)50-36-39(44)35-43)52-42(46)34-32-30-28-26-24-22-20-18-16-14-12-10-8-6-4-2/h24,26,39-40,43-44H,3-23,25,27-38H2,1-2H3,(H,47,48)/b26-24+/t39-,40+/m0/s1. The molecule has 0 saturated heterocycles. The molecule has 0 aromatic carbocycles. The van der Waals surface area contributed by atoms with Gasteiger partial charge in [0.05, 0.1) is 19.8 Å². The number of ether oxygens (including phenoxy) is 2. The molecule has 0 aromatic heterocycles. The first kappa shape index (κ1) is 51.7. The Morgan fingerprint density at radius 1 is 0.547 bits per heavy atom. The fraction of sp³-hybridized carbons (Fsp3) is 0.905. The largest absolute Gasteiger partial charge is 0.472 e. The fourth-order valence-corrected chi connectivity index (χ4v) is 6.84. The van der Waals surface area contributed by atoms with Gasteiger partial charge in [0.15, 0.2) is 6.10 Å². The topological polar surface area (TPSA) is 149 Å². The molecule has 0 aromatic rings. The third-order valence-electron chi connectivity index (χ3n) is 9.42. The van der Waals surface area contributed by atoms with Gasteiger partial charge in [0, 0.05) is 12.8 Å². The molecule has 3 atom stereocenters. The van der Waals surface area contributed by atoms with E-state index < -0.39 is 51.8 Å². The second kappa shape index (κ2) is 39.0. The van der Waals surface area contributed by atoms with Crippen molar-refractivity contribution >= 4 is 19.8 Å². The third kappa shape index (κ3) is 38.8. The molecule has 11 heteroatoms. The molecule has 0 radical (unpaired) electrons. The molecule has 0 bridgehead atoms. The highest BCUT2D eigenvalue weighted by Gasteiger charge is 2.27. The minimum Gasteiger partial charge on any atom is -0.462 e. The number of phosphoric ester groups is 1. The average molecular weight is 777 g/mol. The van der Waals surface area contributed by atoms with Crippen LogP contribution in [-0.2, 0) is 32.7 Å². The van der Waals surface area contributed by atoms with Crippen molar-refractivity contribution in [3.05, 3.63) is 12.2 Å². The summed E-state index contributed by atoms with van der Waals surface area (Å²) in [6.45, 7) is 2.38. The number of allylic oxidation sites excluding steroid dienone is 2. The highest BCUT2D eigenvalue weighted by molar-refractivity contribution is 7.47. The van der Waals surface area contributed by atoms with Gasteiger partial charge in [-0.1, -0.05) is 167 Å². The summed E-state index contributed by atoms with van der Waals surface area (Å²) in [5.74, 6) is -0.940. The Labute approximate surface area is 324 Å². The van der Waals surface area contributed by atoms with Crippen LogP contribution < -0.4 is 0 Å². The molecule has 0 aliphatic heterocycles. The molecule has 0 rings (SSSR count). The maximum atomic E-state index is 12.6. The summed E-state index contributed by atoms with van der Waals surface area (Å²) in [5.41, 5.74) is 0. The molecule has 0 spiro atoms. The maximum absolute atomic E-state index is 12.6. The van der Waals surface area contributed by atoms with Gasteiger partial charge >= 0.3 is 19.8 Å². The first-order chi connectivity index (χ1) is 25.7. The van der Waals surface area contributed by atoms with Gasteiger partial charge in [-0.3, -0.25) is 18.6 Å². The van der Waals surface area contributed by atoms with Crippen LogP contribution in [-0.4, -0.2) is 65.7 Å². The van der Waals surface area contributed by atoms with Crippen molar-refractivity contribution in [1.29, 1.82) is 0 Å². The lowest BCUT2D eigenvalue weighted by Crippen LogP contribution is -2.29. The zero-order chi connectivity index (χ0) is 39.1. The monoisotopic (exact) mass is 777 g/mol. The molecule has 314 valence electrons. The molecule has 0 fully saturated rings. The molecule has 53 heavy (non-hydrogen) atoms. The highest BCUT2D eigenvalue weighted by atomic mass is 31.2. The Morgan fingerprint density at radius 2 is 0.925 bits per heavy atom. The van der Waals surface area contributed by atoms with E-state index in [1.807, 2.05) is 0 Å². The molecule has 0 amide bonds. The number of carbonyl (C=O) groups is 2. The summed E-state index contributed by atoms with van der Waals surface area (Å²) >= 11 is 0. The summed E-state index contributed by atoms with van der Waals surface area (Å²) < 4.78 is 32.7. The third-order valence-corrected chi connectivity index (χ3v) is 10.4. The number of aliphatic hydroxyl groups is 2. The summed E-state index contributed by atoms with van der Waals surface area (Å²) in [6, 6.07) is 0. The lowest BCUT2D eigenvalue weighted by molar-refractivity contribution is -0.161. The summed E-state index contributed by atoms with van der Waals surface area (Å²) in [7, 11) is -4.61. The van der Waals surface area contributed by atoms with Crippen LogP contribution in [0.1, 0.15) is 206 Å². The fourth-order valence-electron chi connectivity index (χ4n) is 6.05. The molecular weight excluding hydrogens is 695 g/mol. The Morgan fingerprint density at radius 3 is 1.40 bits per heavy atom. The zero-order valence-electron chi connectivity index (χ0n) is 34.0. The Balaban J connectivity index is 4.30. The quantitative estimate of drug-likeness (QED) is 0.0237. The minimum absolute atomic E-state index is 0.158. The molecule has 3 N–H and O–H groups in total. The van der Waals surface area contributed by atoms with E-state index in [4.69, 9.17) is 19.1 Å². The van der Waals surface area contributed by atoms with Crippen LogP contribution in [0.2, 0.25) is 0 Å². The number of hydrogen-bond acceptors (Lipinski definition) is 9. The van der Waals surface area contributed by atoms with Crippen molar-refractivity contribution in [3.63, 3.8) is 0 Å². The second-order valence-electron chi connectivity index (χ2n) is 14.7. The molecule has 0 heterocycles. The number of esters is 2. The SMILES string of the molecule is CCCCCCCCCCC/C=C/CCCCC(=O)O[C@H](COC(=O)CCCCCCCCCCCCCCCCC)COP(=O)(O)OC[C@@H](O)CO. The van der Waals surface area contributed by atoms with E-state index in [0.29, 0.717) is 12.8 Å². The molecule has 0 aliphatic rings. The molecular formula is C42H81O10P. The lowest BCUT2D eigenvalue weighted by atomic mass is 10.0. The van der Waals surface area contributed by atoms with Crippen molar-refractivity contribution in [1.82, 2.24) is 0 Å². The second-order valence-corrected chi connectivity index (χ2v) is 16.2. The van der Waals surface area contributed by atoms with Crippen molar-refractivity contribution < 1.29 is 47.8 Å². The van der Waals surface area contributed by atoms with Gasteiger partial charge in [0.1, 0.15) is 12.7 Å². The Hall–Kier alpha value is -1.29.